The van der Waals surface area contributed by atoms with Crippen LogP contribution >= 0.6 is 11.3 Å². The van der Waals surface area contributed by atoms with Crippen molar-refractivity contribution in [2.45, 2.75) is 12.7 Å². The van der Waals surface area contributed by atoms with Crippen molar-refractivity contribution in [1.82, 2.24) is 9.97 Å². The van der Waals surface area contributed by atoms with Crippen LogP contribution in [0.4, 0.5) is 19.0 Å². The van der Waals surface area contributed by atoms with Gasteiger partial charge in [-0.15, -0.1) is 11.3 Å². The predicted octanol–water partition coefficient (Wildman–Crippen LogP) is 4.32. The zero-order chi connectivity index (χ0) is 14.9. The topological polar surface area (TPSA) is 37.8 Å². The molecule has 0 unspecified atom stereocenters. The number of halogens is 3. The fourth-order valence-electron chi connectivity index (χ4n) is 1.92. The van der Waals surface area contributed by atoms with E-state index in [0.29, 0.717) is 33.9 Å². The minimum absolute atomic E-state index is 0.327. The first-order valence-electron chi connectivity index (χ1n) is 6.13. The highest BCUT2D eigenvalue weighted by Crippen LogP contribution is 2.38. The molecule has 0 fully saturated rings. The second-order valence-electron chi connectivity index (χ2n) is 4.39. The van der Waals surface area contributed by atoms with Gasteiger partial charge >= 0.3 is 6.18 Å². The average Bonchev–Trinajstić information content (AvgIpc) is 2.91. The van der Waals surface area contributed by atoms with Crippen LogP contribution in [0.1, 0.15) is 10.4 Å². The van der Waals surface area contributed by atoms with E-state index in [-0.39, 0.29) is 0 Å². The number of hydrogen-bond donors (Lipinski definition) is 1. The maximum atomic E-state index is 12.8. The van der Waals surface area contributed by atoms with Crippen molar-refractivity contribution in [3.8, 4) is 0 Å². The van der Waals surface area contributed by atoms with Crippen LogP contribution in [0.25, 0.3) is 10.2 Å². The van der Waals surface area contributed by atoms with Gasteiger partial charge in [0.1, 0.15) is 21.9 Å². The molecule has 2 aromatic heterocycles. The van der Waals surface area contributed by atoms with Gasteiger partial charge in [0.15, 0.2) is 0 Å². The molecule has 2 heterocycles. The van der Waals surface area contributed by atoms with E-state index in [1.807, 2.05) is 30.3 Å². The molecule has 0 saturated carbocycles. The van der Waals surface area contributed by atoms with Gasteiger partial charge < -0.3 is 5.32 Å². The highest BCUT2D eigenvalue weighted by Gasteiger charge is 2.33. The van der Waals surface area contributed by atoms with Gasteiger partial charge in [-0.05, 0) is 11.6 Å². The quantitative estimate of drug-likeness (QED) is 0.783. The first-order valence-corrected chi connectivity index (χ1v) is 6.95. The second kappa shape index (κ2) is 5.33. The average molecular weight is 309 g/mol. The van der Waals surface area contributed by atoms with Crippen LogP contribution in [0.5, 0.6) is 0 Å². The van der Waals surface area contributed by atoms with E-state index >= 15 is 0 Å². The third kappa shape index (κ3) is 2.97. The Bertz CT molecular complexity index is 753. The number of aromatic nitrogens is 2. The van der Waals surface area contributed by atoms with Crippen LogP contribution < -0.4 is 5.32 Å². The number of anilines is 1. The fourth-order valence-corrected chi connectivity index (χ4v) is 2.78. The Hall–Kier alpha value is -2.15. The Balaban J connectivity index is 1.90. The SMILES string of the molecule is FC(F)(F)c1cc2c(NCc3ccccc3)ncnc2s1. The minimum atomic E-state index is -4.36. The molecule has 3 rings (SSSR count). The highest BCUT2D eigenvalue weighted by atomic mass is 32.1. The summed E-state index contributed by atoms with van der Waals surface area (Å²) in [4.78, 5) is 7.59. The summed E-state index contributed by atoms with van der Waals surface area (Å²) in [6.07, 6.45) is -3.09. The van der Waals surface area contributed by atoms with Gasteiger partial charge in [-0.1, -0.05) is 30.3 Å². The lowest BCUT2D eigenvalue weighted by Crippen LogP contribution is -2.02. The molecule has 0 aliphatic rings. The third-order valence-corrected chi connectivity index (χ3v) is 4.00. The third-order valence-electron chi connectivity index (χ3n) is 2.91. The van der Waals surface area contributed by atoms with Gasteiger partial charge in [-0.2, -0.15) is 13.2 Å². The van der Waals surface area contributed by atoms with E-state index in [1.165, 1.54) is 6.33 Å². The van der Waals surface area contributed by atoms with Crippen LogP contribution in [-0.4, -0.2) is 9.97 Å². The molecule has 0 saturated heterocycles. The number of alkyl halides is 3. The molecule has 3 nitrogen and oxygen atoms in total. The molecule has 108 valence electrons. The Morgan fingerprint density at radius 1 is 1.10 bits per heavy atom. The van der Waals surface area contributed by atoms with Crippen molar-refractivity contribution < 1.29 is 13.2 Å². The Morgan fingerprint density at radius 3 is 2.57 bits per heavy atom. The zero-order valence-electron chi connectivity index (χ0n) is 10.7. The first-order chi connectivity index (χ1) is 10.0. The summed E-state index contributed by atoms with van der Waals surface area (Å²) >= 11 is 0.624. The van der Waals surface area contributed by atoms with E-state index < -0.39 is 11.1 Å². The summed E-state index contributed by atoms with van der Waals surface area (Å²) in [5.41, 5.74) is 1.02. The molecule has 3 aromatic rings. The maximum Gasteiger partial charge on any atom is 0.425 e. The summed E-state index contributed by atoms with van der Waals surface area (Å²) in [5, 5.41) is 3.45. The summed E-state index contributed by atoms with van der Waals surface area (Å²) in [5.74, 6) is 0.413. The largest absolute Gasteiger partial charge is 0.425 e. The Kier molecular flexibility index (Phi) is 3.50. The standard InChI is InChI=1S/C14H10F3N3S/c15-14(16,17)11-6-10-12(19-8-20-13(10)21-11)18-7-9-4-2-1-3-5-9/h1-6,8H,7H2,(H,18,19,20). The summed E-state index contributed by atoms with van der Waals surface area (Å²) in [7, 11) is 0. The number of nitrogens with one attached hydrogen (secondary N) is 1. The smallest absolute Gasteiger partial charge is 0.365 e. The molecule has 7 heteroatoms. The Labute approximate surface area is 122 Å². The molecule has 21 heavy (non-hydrogen) atoms. The number of benzene rings is 1. The van der Waals surface area contributed by atoms with Crippen LogP contribution in [0.3, 0.4) is 0 Å². The molecule has 0 spiro atoms. The number of thiophene rings is 1. The molecule has 0 bridgehead atoms. The number of fused-ring (bicyclic) bond motifs is 1. The van der Waals surface area contributed by atoms with Crippen LogP contribution in [0, 0.1) is 0 Å². The summed E-state index contributed by atoms with van der Waals surface area (Å²) < 4.78 is 38.3. The highest BCUT2D eigenvalue weighted by molar-refractivity contribution is 7.18. The summed E-state index contributed by atoms with van der Waals surface area (Å²) in [6.45, 7) is 0.490. The van der Waals surface area contributed by atoms with Crippen molar-refractivity contribution in [2.24, 2.45) is 0 Å². The maximum absolute atomic E-state index is 12.8. The number of hydrogen-bond acceptors (Lipinski definition) is 4. The van der Waals surface area contributed by atoms with E-state index in [0.717, 1.165) is 11.6 Å². The number of rotatable bonds is 3. The second-order valence-corrected chi connectivity index (χ2v) is 5.42. The van der Waals surface area contributed by atoms with Crippen molar-refractivity contribution in [3.63, 3.8) is 0 Å². The monoisotopic (exact) mass is 309 g/mol. The number of nitrogens with zero attached hydrogens (tertiary/aromatic N) is 2. The van der Waals surface area contributed by atoms with E-state index in [1.54, 1.807) is 0 Å². The predicted molar refractivity (Wildman–Crippen MR) is 76.2 cm³/mol. The fraction of sp³-hybridized carbons (Fsp3) is 0.143. The van der Waals surface area contributed by atoms with E-state index in [4.69, 9.17) is 0 Å². The molecule has 0 atom stereocenters. The van der Waals surface area contributed by atoms with Gasteiger partial charge in [-0.3, -0.25) is 0 Å². The lowest BCUT2D eigenvalue weighted by Gasteiger charge is -2.06. The molecular formula is C14H10F3N3S. The van der Waals surface area contributed by atoms with Crippen LogP contribution in [0.15, 0.2) is 42.7 Å². The minimum Gasteiger partial charge on any atom is -0.365 e. The van der Waals surface area contributed by atoms with Gasteiger partial charge in [-0.25, -0.2) is 9.97 Å². The van der Waals surface area contributed by atoms with Crippen molar-refractivity contribution in [1.29, 1.82) is 0 Å². The zero-order valence-corrected chi connectivity index (χ0v) is 11.5. The van der Waals surface area contributed by atoms with Crippen molar-refractivity contribution in [2.75, 3.05) is 5.32 Å². The molecular weight excluding hydrogens is 299 g/mol. The molecule has 1 N–H and O–H groups in total. The van der Waals surface area contributed by atoms with Gasteiger partial charge in [0.25, 0.3) is 0 Å². The van der Waals surface area contributed by atoms with Crippen LogP contribution in [0.2, 0.25) is 0 Å². The normalized spacial score (nSPS) is 11.8. The van der Waals surface area contributed by atoms with Gasteiger partial charge in [0.05, 0.1) is 5.39 Å². The first kappa shape index (κ1) is 13.8. The van der Waals surface area contributed by atoms with Gasteiger partial charge in [0.2, 0.25) is 0 Å². The molecule has 0 radical (unpaired) electrons. The summed E-state index contributed by atoms with van der Waals surface area (Å²) in [6, 6.07) is 10.7. The molecule has 0 aliphatic carbocycles. The van der Waals surface area contributed by atoms with Gasteiger partial charge in [0, 0.05) is 6.54 Å². The molecule has 0 amide bonds. The van der Waals surface area contributed by atoms with E-state index in [2.05, 4.69) is 15.3 Å². The van der Waals surface area contributed by atoms with Crippen molar-refractivity contribution in [3.05, 3.63) is 53.2 Å². The van der Waals surface area contributed by atoms with Crippen molar-refractivity contribution >= 4 is 27.4 Å². The Morgan fingerprint density at radius 2 is 1.86 bits per heavy atom. The van der Waals surface area contributed by atoms with E-state index in [9.17, 15) is 13.2 Å². The lowest BCUT2D eigenvalue weighted by atomic mass is 10.2. The molecule has 1 aromatic carbocycles. The molecule has 0 aliphatic heterocycles. The van der Waals surface area contributed by atoms with Crippen LogP contribution in [-0.2, 0) is 12.7 Å². The lowest BCUT2D eigenvalue weighted by molar-refractivity contribution is -0.134.